The molecule has 4 aromatic rings. The van der Waals surface area contributed by atoms with Gasteiger partial charge in [0.15, 0.2) is 21.7 Å². The first-order chi connectivity index (χ1) is 34.2. The Bertz CT molecular complexity index is 2790. The fourth-order valence-electron chi connectivity index (χ4n) is 7.84. The predicted molar refractivity (Wildman–Crippen MR) is 266 cm³/mol. The van der Waals surface area contributed by atoms with Crippen molar-refractivity contribution in [3.8, 4) is 0 Å². The number of aliphatic carboxylic acids is 2. The van der Waals surface area contributed by atoms with E-state index in [-0.39, 0.29) is 6.61 Å². The van der Waals surface area contributed by atoms with Crippen molar-refractivity contribution in [1.82, 2.24) is 30.4 Å². The van der Waals surface area contributed by atoms with Crippen LogP contribution >= 0.6 is 54.5 Å². The van der Waals surface area contributed by atoms with Crippen LogP contribution in [0.4, 0.5) is 8.78 Å². The summed E-state index contributed by atoms with van der Waals surface area (Å²) >= 11 is 9.62. The molecule has 4 atom stereocenters. The number of nitrogens with one attached hydrogen (secondary N) is 2. The summed E-state index contributed by atoms with van der Waals surface area (Å²) < 4.78 is 50.5. The molecule has 4 N–H and O–H groups in total. The number of benzene rings is 2. The van der Waals surface area contributed by atoms with Gasteiger partial charge in [-0.25, -0.2) is 37.9 Å². The molecule has 8 rings (SSSR count). The number of hydrogen-bond donors (Lipinski definition) is 4. The number of amidine groups is 2. The van der Waals surface area contributed by atoms with Gasteiger partial charge in [0.05, 0.1) is 50.3 Å². The maximum absolute atomic E-state index is 13.9. The van der Waals surface area contributed by atoms with Crippen molar-refractivity contribution < 1.29 is 57.1 Å². The van der Waals surface area contributed by atoms with E-state index in [1.54, 1.807) is 31.5 Å². The number of hydrogen-bond acceptors (Lipinski definition) is 18. The largest absolute Gasteiger partial charge is 0.478 e. The number of halogens is 4. The molecule has 24 heteroatoms. The maximum Gasteiger partial charge on any atom is 0.338 e. The van der Waals surface area contributed by atoms with Crippen molar-refractivity contribution >= 4 is 90.1 Å². The lowest BCUT2D eigenvalue weighted by atomic mass is 9.95. The molecule has 2 aromatic carbocycles. The van der Waals surface area contributed by atoms with Crippen LogP contribution in [-0.2, 0) is 38.1 Å². The third kappa shape index (κ3) is 14.0. The van der Waals surface area contributed by atoms with Crippen LogP contribution in [0.1, 0.15) is 40.1 Å². The van der Waals surface area contributed by atoms with Gasteiger partial charge in [0.25, 0.3) is 0 Å². The second kappa shape index (κ2) is 25.0. The Morgan fingerprint density at radius 3 is 1.59 bits per heavy atom. The standard InChI is InChI=1S/C24H24BrFN4O5S.C23H22BrFN4O5S/c1-2-34-24(33)20-18(13-30-8-9-35-15(12-30)4-6-19(31)32)28-22(23-27-7-10-36-23)29-21(20)16-5-3-14(26)11-17(16)25;1-33-23(32)19-17(12-29-7-8-34-14(11-29)3-5-18(30)31)27-21(22-26-6-9-35-22)28-20(19)15-4-2-13(25)10-16(15)24/h3-7,10-11,15,21H,2,8-9,12-13H2,1H3,(H,28,29)(H,31,32);2-6,9-10,14,20H,7-8,11-12H2,1H3,(H,27,28)(H,30,31)/b6-4+;5-3+. The Morgan fingerprint density at radius 2 is 1.21 bits per heavy atom. The molecule has 0 aliphatic carbocycles. The second-order valence-electron chi connectivity index (χ2n) is 15.7. The highest BCUT2D eigenvalue weighted by Gasteiger charge is 2.37. The lowest BCUT2D eigenvalue weighted by molar-refractivity contribution is -0.139. The lowest BCUT2D eigenvalue weighted by Gasteiger charge is -2.34. The van der Waals surface area contributed by atoms with E-state index in [9.17, 15) is 28.0 Å². The summed E-state index contributed by atoms with van der Waals surface area (Å²) in [4.78, 5) is 70.4. The molecule has 6 heterocycles. The van der Waals surface area contributed by atoms with Crippen LogP contribution in [-0.4, -0.2) is 144 Å². The fraction of sp³-hybridized carbons (Fsp3) is 0.319. The van der Waals surface area contributed by atoms with Gasteiger partial charge in [0, 0.05) is 94.9 Å². The summed E-state index contributed by atoms with van der Waals surface area (Å²) in [5, 5.41) is 29.3. The van der Waals surface area contributed by atoms with Crippen molar-refractivity contribution in [2.45, 2.75) is 31.2 Å². The molecular formula is C47H46Br2F2N8O10S2. The monoisotopic (exact) mass is 1140 g/mol. The van der Waals surface area contributed by atoms with E-state index in [2.05, 4.69) is 57.4 Å². The number of ether oxygens (including phenoxy) is 4. The highest BCUT2D eigenvalue weighted by atomic mass is 79.9. The second-order valence-corrected chi connectivity index (χ2v) is 19.2. The van der Waals surface area contributed by atoms with Crippen LogP contribution < -0.4 is 10.6 Å². The number of rotatable bonds is 15. The predicted octanol–water partition coefficient (Wildman–Crippen LogP) is 6.20. The van der Waals surface area contributed by atoms with Gasteiger partial charge in [-0.3, -0.25) is 19.8 Å². The number of carboxylic acids is 2. The summed E-state index contributed by atoms with van der Waals surface area (Å²) in [6.07, 6.45) is 7.64. The molecule has 374 valence electrons. The Morgan fingerprint density at radius 1 is 0.761 bits per heavy atom. The first-order valence-electron chi connectivity index (χ1n) is 21.8. The van der Waals surface area contributed by atoms with E-state index in [0.717, 1.165) is 12.2 Å². The van der Waals surface area contributed by atoms with Crippen LogP contribution in [0.3, 0.4) is 0 Å². The molecule has 18 nitrogen and oxygen atoms in total. The number of morpholine rings is 2. The first-order valence-corrected chi connectivity index (χ1v) is 25.2. The number of aromatic nitrogens is 2. The Hall–Kier alpha value is -5.86. The SMILES string of the molecule is CCOC(=O)C1=C(CN2CCOC(/C=C/C(=O)O)C2)NC(c2nccs2)=NC1c1ccc(F)cc1Br.COC(=O)C1=C(CN2CCOC(/C=C/C(=O)O)C2)NC(c2nccs2)=NC1c1ccc(F)cc1Br. The van der Waals surface area contributed by atoms with Gasteiger partial charge in [-0.1, -0.05) is 44.0 Å². The van der Waals surface area contributed by atoms with Gasteiger partial charge in [-0.05, 0) is 54.5 Å². The summed E-state index contributed by atoms with van der Waals surface area (Å²) in [5.74, 6) is -3.05. The Balaban J connectivity index is 0.000000209. The number of aliphatic imine (C=N–C) groups is 2. The third-order valence-electron chi connectivity index (χ3n) is 11.0. The molecule has 2 fully saturated rings. The van der Waals surface area contributed by atoms with E-state index < -0.39 is 59.8 Å². The molecule has 0 bridgehead atoms. The first kappa shape index (κ1) is 53.0. The molecule has 2 saturated heterocycles. The Labute approximate surface area is 430 Å². The molecule has 2 aromatic heterocycles. The minimum atomic E-state index is -1.05. The average molecular weight is 1140 g/mol. The lowest BCUT2D eigenvalue weighted by Crippen LogP contribution is -2.46. The van der Waals surface area contributed by atoms with Crippen LogP contribution in [0.25, 0.3) is 0 Å². The minimum absolute atomic E-state index is 0.176. The molecule has 4 unspecified atom stereocenters. The van der Waals surface area contributed by atoms with Crippen molar-refractivity contribution in [3.63, 3.8) is 0 Å². The number of carbonyl (C=O) groups excluding carboxylic acids is 2. The van der Waals surface area contributed by atoms with E-state index in [0.29, 0.717) is 117 Å². The highest BCUT2D eigenvalue weighted by molar-refractivity contribution is 9.10. The van der Waals surface area contributed by atoms with Crippen molar-refractivity contribution in [3.05, 3.63) is 148 Å². The van der Waals surface area contributed by atoms with Crippen LogP contribution in [0.5, 0.6) is 0 Å². The highest BCUT2D eigenvalue weighted by Crippen LogP contribution is 2.39. The van der Waals surface area contributed by atoms with E-state index >= 15 is 0 Å². The van der Waals surface area contributed by atoms with Crippen LogP contribution in [0.2, 0.25) is 0 Å². The fourth-order valence-corrected chi connectivity index (χ4v) is 10.2. The minimum Gasteiger partial charge on any atom is -0.478 e. The third-order valence-corrected chi connectivity index (χ3v) is 13.9. The van der Waals surface area contributed by atoms with Gasteiger partial charge >= 0.3 is 23.9 Å². The number of carbonyl (C=O) groups is 4. The van der Waals surface area contributed by atoms with E-state index in [4.69, 9.17) is 39.1 Å². The van der Waals surface area contributed by atoms with E-state index in [1.165, 1.54) is 66.2 Å². The van der Waals surface area contributed by atoms with E-state index in [1.807, 2.05) is 15.7 Å². The average Bonchev–Trinajstić information content (AvgIpc) is 4.10. The zero-order chi connectivity index (χ0) is 50.6. The van der Waals surface area contributed by atoms with Crippen molar-refractivity contribution in [2.24, 2.45) is 9.98 Å². The molecule has 0 amide bonds. The van der Waals surface area contributed by atoms with Crippen LogP contribution in [0.15, 0.2) is 125 Å². The number of esters is 2. The van der Waals surface area contributed by atoms with Gasteiger partial charge in [-0.2, -0.15) is 0 Å². The zero-order valence-electron chi connectivity index (χ0n) is 37.9. The number of thiazole rings is 2. The van der Waals surface area contributed by atoms with Crippen molar-refractivity contribution in [2.75, 3.05) is 66.2 Å². The maximum atomic E-state index is 13.9. The quantitative estimate of drug-likeness (QED) is 0.0768. The van der Waals surface area contributed by atoms with Gasteiger partial charge < -0.3 is 39.8 Å². The number of methoxy groups -OCH3 is 1. The van der Waals surface area contributed by atoms with Crippen molar-refractivity contribution in [1.29, 1.82) is 0 Å². The normalized spacial score (nSPS) is 20.9. The smallest absolute Gasteiger partial charge is 0.338 e. The van der Waals surface area contributed by atoms with Gasteiger partial charge in [0.2, 0.25) is 0 Å². The molecular weight excluding hydrogens is 1100 g/mol. The molecule has 0 saturated carbocycles. The molecule has 0 spiro atoms. The van der Waals surface area contributed by atoms with Gasteiger partial charge in [0.1, 0.15) is 23.7 Å². The van der Waals surface area contributed by atoms with Gasteiger partial charge in [-0.15, -0.1) is 22.7 Å². The molecule has 4 aliphatic heterocycles. The number of nitrogens with zero attached hydrogens (tertiary/aromatic N) is 6. The van der Waals surface area contributed by atoms with Crippen LogP contribution in [0, 0.1) is 11.6 Å². The Kier molecular flexibility index (Phi) is 18.6. The molecule has 71 heavy (non-hydrogen) atoms. The molecule has 0 radical (unpaired) electrons. The summed E-state index contributed by atoms with van der Waals surface area (Å²) in [6.45, 7) is 5.36. The molecule has 4 aliphatic rings. The number of carboxylic acid groups (broad SMARTS) is 2. The topological polar surface area (TPSA) is 227 Å². The summed E-state index contributed by atoms with van der Waals surface area (Å²) in [5.41, 5.74) is 2.97. The zero-order valence-corrected chi connectivity index (χ0v) is 42.7. The summed E-state index contributed by atoms with van der Waals surface area (Å²) in [6, 6.07) is 6.94. The summed E-state index contributed by atoms with van der Waals surface area (Å²) in [7, 11) is 1.30.